The summed E-state index contributed by atoms with van der Waals surface area (Å²) in [5.74, 6) is 0.387. The van der Waals surface area contributed by atoms with Crippen LogP contribution in [0.15, 0.2) is 0 Å². The van der Waals surface area contributed by atoms with Crippen molar-refractivity contribution in [2.45, 2.75) is 44.9 Å². The van der Waals surface area contributed by atoms with E-state index < -0.39 is 0 Å². The van der Waals surface area contributed by atoms with Crippen LogP contribution in [-0.4, -0.2) is 72.2 Å². The van der Waals surface area contributed by atoms with Crippen LogP contribution in [0, 0.1) is 5.41 Å². The summed E-state index contributed by atoms with van der Waals surface area (Å²) in [5.41, 5.74) is -0.232. The molecular weight excluding hydrogens is 294 g/mol. The first-order valence-electron chi connectivity index (χ1n) is 8.83. The van der Waals surface area contributed by atoms with Gasteiger partial charge >= 0.3 is 0 Å². The van der Waals surface area contributed by atoms with E-state index in [2.05, 4.69) is 0 Å². The molecule has 23 heavy (non-hydrogen) atoms. The highest BCUT2D eigenvalue weighted by atomic mass is 16.2. The second-order valence-corrected chi connectivity index (χ2v) is 7.26. The summed E-state index contributed by atoms with van der Waals surface area (Å²) in [7, 11) is 1.86. The molecule has 0 radical (unpaired) electrons. The molecule has 3 aliphatic heterocycles. The Balaban J connectivity index is 1.54. The fraction of sp³-hybridized carbons (Fsp3) is 0.824. The van der Waals surface area contributed by atoms with Crippen molar-refractivity contribution in [3.05, 3.63) is 0 Å². The smallest absolute Gasteiger partial charge is 0.242 e. The standard InChI is InChI=1S/C17H27N3O3/c1-18-10-6-17(16(18)23)7-11-19(12-8-17)15(22)13-20-9-4-2-3-5-14(20)21/h2-13H2,1H3. The van der Waals surface area contributed by atoms with E-state index in [1.807, 2.05) is 16.8 Å². The van der Waals surface area contributed by atoms with Crippen molar-refractivity contribution in [2.75, 3.05) is 39.8 Å². The van der Waals surface area contributed by atoms with Gasteiger partial charge in [0.15, 0.2) is 0 Å². The van der Waals surface area contributed by atoms with E-state index in [-0.39, 0.29) is 29.7 Å². The molecule has 3 fully saturated rings. The van der Waals surface area contributed by atoms with Crippen molar-refractivity contribution in [1.29, 1.82) is 0 Å². The zero-order valence-electron chi connectivity index (χ0n) is 14.1. The minimum absolute atomic E-state index is 0.0360. The van der Waals surface area contributed by atoms with Crippen molar-refractivity contribution >= 4 is 17.7 Å². The zero-order valence-corrected chi connectivity index (χ0v) is 14.1. The Morgan fingerprint density at radius 1 is 1.00 bits per heavy atom. The van der Waals surface area contributed by atoms with Crippen LogP contribution in [0.1, 0.15) is 44.9 Å². The fourth-order valence-electron chi connectivity index (χ4n) is 4.11. The molecule has 6 nitrogen and oxygen atoms in total. The molecule has 6 heteroatoms. The molecule has 1 spiro atoms. The Bertz CT molecular complexity index is 497. The van der Waals surface area contributed by atoms with Gasteiger partial charge in [0.2, 0.25) is 17.7 Å². The van der Waals surface area contributed by atoms with Gasteiger partial charge in [0.25, 0.3) is 0 Å². The highest BCUT2D eigenvalue weighted by Gasteiger charge is 2.47. The van der Waals surface area contributed by atoms with Crippen LogP contribution in [0.25, 0.3) is 0 Å². The molecule has 0 bridgehead atoms. The van der Waals surface area contributed by atoms with Gasteiger partial charge in [0.1, 0.15) is 0 Å². The number of carbonyl (C=O) groups is 3. The van der Waals surface area contributed by atoms with Gasteiger partial charge in [-0.25, -0.2) is 0 Å². The molecule has 0 aliphatic carbocycles. The summed E-state index contributed by atoms with van der Waals surface area (Å²) < 4.78 is 0. The van der Waals surface area contributed by atoms with Crippen molar-refractivity contribution in [1.82, 2.24) is 14.7 Å². The number of hydrogen-bond donors (Lipinski definition) is 0. The Hall–Kier alpha value is -1.59. The molecule has 3 saturated heterocycles. The molecule has 3 rings (SSSR count). The van der Waals surface area contributed by atoms with E-state index in [0.29, 0.717) is 26.1 Å². The quantitative estimate of drug-likeness (QED) is 0.758. The highest BCUT2D eigenvalue weighted by Crippen LogP contribution is 2.40. The summed E-state index contributed by atoms with van der Waals surface area (Å²) in [5, 5.41) is 0. The van der Waals surface area contributed by atoms with E-state index in [1.165, 1.54) is 0 Å². The van der Waals surface area contributed by atoms with Crippen LogP contribution in [0.2, 0.25) is 0 Å². The second kappa shape index (κ2) is 6.49. The van der Waals surface area contributed by atoms with Gasteiger partial charge in [-0.1, -0.05) is 6.42 Å². The minimum Gasteiger partial charge on any atom is -0.345 e. The molecule has 0 aromatic heterocycles. The molecule has 128 valence electrons. The van der Waals surface area contributed by atoms with Crippen LogP contribution in [0.4, 0.5) is 0 Å². The van der Waals surface area contributed by atoms with Gasteiger partial charge in [-0.05, 0) is 32.1 Å². The SMILES string of the molecule is CN1CCC2(CCN(C(=O)CN3CCCCCC3=O)CC2)C1=O. The van der Waals surface area contributed by atoms with Crippen molar-refractivity contribution in [2.24, 2.45) is 5.41 Å². The van der Waals surface area contributed by atoms with Crippen LogP contribution in [0.5, 0.6) is 0 Å². The Morgan fingerprint density at radius 2 is 1.70 bits per heavy atom. The average Bonchev–Trinajstić information content (AvgIpc) is 2.72. The first-order valence-corrected chi connectivity index (χ1v) is 8.83. The van der Waals surface area contributed by atoms with E-state index >= 15 is 0 Å². The number of likely N-dealkylation sites (tertiary alicyclic amines) is 3. The Labute approximate surface area is 137 Å². The molecule has 0 saturated carbocycles. The first-order chi connectivity index (χ1) is 11.0. The van der Waals surface area contributed by atoms with Gasteiger partial charge < -0.3 is 14.7 Å². The monoisotopic (exact) mass is 321 g/mol. The van der Waals surface area contributed by atoms with E-state index in [0.717, 1.165) is 45.1 Å². The van der Waals surface area contributed by atoms with Gasteiger partial charge in [0, 0.05) is 39.6 Å². The van der Waals surface area contributed by atoms with Gasteiger partial charge in [-0.3, -0.25) is 14.4 Å². The van der Waals surface area contributed by atoms with E-state index in [4.69, 9.17) is 0 Å². The third-order valence-electron chi connectivity index (χ3n) is 5.80. The fourth-order valence-corrected chi connectivity index (χ4v) is 4.11. The van der Waals surface area contributed by atoms with Crippen molar-refractivity contribution < 1.29 is 14.4 Å². The minimum atomic E-state index is -0.232. The lowest BCUT2D eigenvalue weighted by molar-refractivity contribution is -0.144. The molecule has 3 aliphatic rings. The predicted octanol–water partition coefficient (Wildman–Crippen LogP) is 0.860. The van der Waals surface area contributed by atoms with Crippen molar-refractivity contribution in [3.8, 4) is 0 Å². The third kappa shape index (κ3) is 3.21. The van der Waals surface area contributed by atoms with E-state index in [9.17, 15) is 14.4 Å². The van der Waals surface area contributed by atoms with Crippen LogP contribution >= 0.6 is 0 Å². The predicted molar refractivity (Wildman–Crippen MR) is 85.5 cm³/mol. The lowest BCUT2D eigenvalue weighted by atomic mass is 9.77. The molecule has 3 amide bonds. The van der Waals surface area contributed by atoms with Gasteiger partial charge in [-0.15, -0.1) is 0 Å². The molecule has 0 aromatic carbocycles. The van der Waals surface area contributed by atoms with E-state index in [1.54, 1.807) is 4.90 Å². The van der Waals surface area contributed by atoms with Crippen LogP contribution in [-0.2, 0) is 14.4 Å². The molecular formula is C17H27N3O3. The maximum Gasteiger partial charge on any atom is 0.242 e. The summed E-state index contributed by atoms with van der Waals surface area (Å²) in [6, 6.07) is 0. The molecule has 0 atom stereocenters. The summed E-state index contributed by atoms with van der Waals surface area (Å²) >= 11 is 0. The summed E-state index contributed by atoms with van der Waals surface area (Å²) in [6.07, 6.45) is 5.99. The lowest BCUT2D eigenvalue weighted by Crippen LogP contribution is -2.49. The molecule has 0 N–H and O–H groups in total. The average molecular weight is 321 g/mol. The number of rotatable bonds is 2. The summed E-state index contributed by atoms with van der Waals surface area (Å²) in [4.78, 5) is 42.2. The lowest BCUT2D eigenvalue weighted by Gasteiger charge is -2.38. The third-order valence-corrected chi connectivity index (χ3v) is 5.80. The largest absolute Gasteiger partial charge is 0.345 e. The number of amides is 3. The highest BCUT2D eigenvalue weighted by molar-refractivity contribution is 5.87. The van der Waals surface area contributed by atoms with Gasteiger partial charge in [0.05, 0.1) is 12.0 Å². The molecule has 0 unspecified atom stereocenters. The number of hydrogen-bond acceptors (Lipinski definition) is 3. The zero-order chi connectivity index (χ0) is 16.4. The van der Waals surface area contributed by atoms with Gasteiger partial charge in [-0.2, -0.15) is 0 Å². The molecule has 0 aromatic rings. The topological polar surface area (TPSA) is 60.9 Å². The Kier molecular flexibility index (Phi) is 4.60. The number of piperidine rings is 1. The maximum absolute atomic E-state index is 12.5. The first kappa shape index (κ1) is 16.3. The van der Waals surface area contributed by atoms with Crippen LogP contribution < -0.4 is 0 Å². The Morgan fingerprint density at radius 3 is 2.35 bits per heavy atom. The second-order valence-electron chi connectivity index (χ2n) is 7.26. The summed E-state index contributed by atoms with van der Waals surface area (Å²) in [6.45, 7) is 3.02. The number of carbonyl (C=O) groups excluding carboxylic acids is 3. The van der Waals surface area contributed by atoms with Crippen LogP contribution in [0.3, 0.4) is 0 Å². The normalized spacial score (nSPS) is 25.2. The maximum atomic E-state index is 12.5. The van der Waals surface area contributed by atoms with Crippen molar-refractivity contribution in [3.63, 3.8) is 0 Å². The number of nitrogens with zero attached hydrogens (tertiary/aromatic N) is 3. The molecule has 3 heterocycles.